The number of ether oxygens (including phenoxy) is 2. The summed E-state index contributed by atoms with van der Waals surface area (Å²) in [7, 11) is 0. The number of aromatic nitrogens is 2. The van der Waals surface area contributed by atoms with Gasteiger partial charge in [0, 0.05) is 5.56 Å². The standard InChI is InChI=1S/C11H8F3N3O4/c12-11(13,14)20-7-3-1-6(2-4-7)9-16-8(21-17-9)5-19-10(15)18/h1-4H,5H2,(H2,15,18). The number of hydrogen-bond donors (Lipinski definition) is 1. The molecule has 0 aliphatic heterocycles. The van der Waals surface area contributed by atoms with Gasteiger partial charge in [-0.15, -0.1) is 13.2 Å². The van der Waals surface area contributed by atoms with E-state index in [1.54, 1.807) is 0 Å². The average molecular weight is 303 g/mol. The van der Waals surface area contributed by atoms with E-state index >= 15 is 0 Å². The maximum Gasteiger partial charge on any atom is 0.573 e. The van der Waals surface area contributed by atoms with Crippen LogP contribution < -0.4 is 10.5 Å². The first-order chi connectivity index (χ1) is 9.83. The second-order valence-electron chi connectivity index (χ2n) is 3.69. The Morgan fingerprint density at radius 1 is 1.29 bits per heavy atom. The van der Waals surface area contributed by atoms with Gasteiger partial charge in [-0.3, -0.25) is 0 Å². The van der Waals surface area contributed by atoms with Gasteiger partial charge < -0.3 is 19.7 Å². The van der Waals surface area contributed by atoms with Crippen LogP contribution in [0.1, 0.15) is 5.89 Å². The van der Waals surface area contributed by atoms with Gasteiger partial charge in [0.25, 0.3) is 5.89 Å². The monoisotopic (exact) mass is 303 g/mol. The van der Waals surface area contributed by atoms with Crippen LogP contribution in [0.25, 0.3) is 11.4 Å². The Morgan fingerprint density at radius 2 is 1.95 bits per heavy atom. The molecule has 0 radical (unpaired) electrons. The number of rotatable bonds is 4. The summed E-state index contributed by atoms with van der Waals surface area (Å²) in [5.41, 5.74) is 5.17. The first kappa shape index (κ1) is 14.6. The van der Waals surface area contributed by atoms with Crippen molar-refractivity contribution in [2.75, 3.05) is 0 Å². The molecule has 0 atom stereocenters. The van der Waals surface area contributed by atoms with Crippen LogP contribution in [0, 0.1) is 0 Å². The fourth-order valence-corrected chi connectivity index (χ4v) is 1.37. The molecule has 0 unspecified atom stereocenters. The highest BCUT2D eigenvalue weighted by Gasteiger charge is 2.31. The Balaban J connectivity index is 2.07. The molecule has 0 aliphatic carbocycles. The molecule has 0 spiro atoms. The third-order valence-corrected chi connectivity index (χ3v) is 2.15. The summed E-state index contributed by atoms with van der Waals surface area (Å²) in [4.78, 5) is 14.3. The molecule has 1 amide bonds. The molecule has 2 rings (SSSR count). The quantitative estimate of drug-likeness (QED) is 0.929. The lowest BCUT2D eigenvalue weighted by atomic mass is 10.2. The number of amides is 1. The molecular weight excluding hydrogens is 295 g/mol. The van der Waals surface area contributed by atoms with Gasteiger partial charge in [-0.05, 0) is 24.3 Å². The second-order valence-corrected chi connectivity index (χ2v) is 3.69. The fraction of sp³-hybridized carbons (Fsp3) is 0.182. The summed E-state index contributed by atoms with van der Waals surface area (Å²) in [6.45, 7) is -0.294. The number of hydrogen-bond acceptors (Lipinski definition) is 6. The largest absolute Gasteiger partial charge is 0.573 e. The van der Waals surface area contributed by atoms with Gasteiger partial charge in [0.05, 0.1) is 0 Å². The van der Waals surface area contributed by atoms with E-state index in [1.165, 1.54) is 12.1 Å². The summed E-state index contributed by atoms with van der Waals surface area (Å²) in [6, 6.07) is 4.87. The number of alkyl halides is 3. The number of carbonyl (C=O) groups is 1. The topological polar surface area (TPSA) is 100 Å². The van der Waals surface area contributed by atoms with E-state index in [-0.39, 0.29) is 24.1 Å². The van der Waals surface area contributed by atoms with Crippen LogP contribution in [0.5, 0.6) is 5.75 Å². The van der Waals surface area contributed by atoms with Gasteiger partial charge >= 0.3 is 12.5 Å². The van der Waals surface area contributed by atoms with E-state index in [4.69, 9.17) is 10.3 Å². The molecule has 21 heavy (non-hydrogen) atoms. The van der Waals surface area contributed by atoms with Crippen LogP contribution in [0.4, 0.5) is 18.0 Å². The van der Waals surface area contributed by atoms with Crippen molar-refractivity contribution in [2.24, 2.45) is 5.73 Å². The lowest BCUT2D eigenvalue weighted by Gasteiger charge is -2.08. The normalized spacial score (nSPS) is 11.2. The predicted octanol–water partition coefficient (Wildman–Crippen LogP) is 2.23. The minimum absolute atomic E-state index is 0.000539. The van der Waals surface area contributed by atoms with E-state index in [0.29, 0.717) is 5.56 Å². The Labute approximate surface area is 115 Å². The number of nitrogens with two attached hydrogens (primary N) is 1. The van der Waals surface area contributed by atoms with Crippen molar-refractivity contribution < 1.29 is 32.0 Å². The summed E-state index contributed by atoms with van der Waals surface area (Å²) in [5.74, 6) is -0.247. The van der Waals surface area contributed by atoms with Crippen LogP contribution >= 0.6 is 0 Å². The second kappa shape index (κ2) is 5.69. The summed E-state index contributed by atoms with van der Waals surface area (Å²) >= 11 is 0. The molecule has 0 bridgehead atoms. The van der Waals surface area contributed by atoms with E-state index in [9.17, 15) is 18.0 Å². The van der Waals surface area contributed by atoms with Crippen LogP contribution in [0.3, 0.4) is 0 Å². The van der Waals surface area contributed by atoms with E-state index in [2.05, 4.69) is 19.6 Å². The molecule has 2 N–H and O–H groups in total. The molecule has 0 saturated heterocycles. The highest BCUT2D eigenvalue weighted by molar-refractivity contribution is 5.64. The Kier molecular flexibility index (Phi) is 3.96. The molecule has 7 nitrogen and oxygen atoms in total. The van der Waals surface area contributed by atoms with Crippen LogP contribution in [0.15, 0.2) is 28.8 Å². The molecule has 0 fully saturated rings. The highest BCUT2D eigenvalue weighted by atomic mass is 19.4. The molecule has 0 saturated carbocycles. The Hall–Kier alpha value is -2.78. The van der Waals surface area contributed by atoms with Crippen molar-refractivity contribution in [3.05, 3.63) is 30.2 Å². The third kappa shape index (κ3) is 4.37. The molecule has 1 aromatic heterocycles. The van der Waals surface area contributed by atoms with Crippen LogP contribution in [0.2, 0.25) is 0 Å². The Bertz CT molecular complexity index is 624. The van der Waals surface area contributed by atoms with E-state index in [1.807, 2.05) is 0 Å². The molecule has 0 aliphatic rings. The lowest BCUT2D eigenvalue weighted by Crippen LogP contribution is -2.16. The van der Waals surface area contributed by atoms with Gasteiger partial charge in [-0.2, -0.15) is 4.98 Å². The molecule has 10 heteroatoms. The zero-order valence-electron chi connectivity index (χ0n) is 10.3. The van der Waals surface area contributed by atoms with Crippen molar-refractivity contribution in [1.29, 1.82) is 0 Å². The smallest absolute Gasteiger partial charge is 0.440 e. The number of halogens is 3. The molecule has 112 valence electrons. The fourth-order valence-electron chi connectivity index (χ4n) is 1.37. The molecule has 1 aromatic carbocycles. The number of carbonyl (C=O) groups excluding carboxylic acids is 1. The van der Waals surface area contributed by atoms with Crippen molar-refractivity contribution in [2.45, 2.75) is 13.0 Å². The first-order valence-corrected chi connectivity index (χ1v) is 5.44. The number of primary amides is 1. The molecule has 1 heterocycles. The summed E-state index contributed by atoms with van der Waals surface area (Å²) in [6.07, 6.45) is -5.75. The van der Waals surface area contributed by atoms with E-state index < -0.39 is 12.5 Å². The zero-order valence-corrected chi connectivity index (χ0v) is 10.3. The predicted molar refractivity (Wildman–Crippen MR) is 60.8 cm³/mol. The minimum atomic E-state index is -4.76. The maximum atomic E-state index is 12.0. The van der Waals surface area contributed by atoms with Crippen molar-refractivity contribution in [3.63, 3.8) is 0 Å². The van der Waals surface area contributed by atoms with E-state index in [0.717, 1.165) is 12.1 Å². The highest BCUT2D eigenvalue weighted by Crippen LogP contribution is 2.25. The average Bonchev–Trinajstić information content (AvgIpc) is 2.84. The lowest BCUT2D eigenvalue weighted by molar-refractivity contribution is -0.274. The van der Waals surface area contributed by atoms with Crippen LogP contribution in [-0.2, 0) is 11.3 Å². The van der Waals surface area contributed by atoms with Crippen molar-refractivity contribution in [3.8, 4) is 17.1 Å². The van der Waals surface area contributed by atoms with Crippen molar-refractivity contribution >= 4 is 6.09 Å². The first-order valence-electron chi connectivity index (χ1n) is 5.44. The molecule has 2 aromatic rings. The Morgan fingerprint density at radius 3 is 2.52 bits per heavy atom. The van der Waals surface area contributed by atoms with Gasteiger partial charge in [0.1, 0.15) is 5.75 Å². The number of benzene rings is 1. The summed E-state index contributed by atoms with van der Waals surface area (Å²) in [5, 5.41) is 3.59. The van der Waals surface area contributed by atoms with Gasteiger partial charge in [-0.1, -0.05) is 5.16 Å². The zero-order chi connectivity index (χ0) is 15.5. The van der Waals surface area contributed by atoms with Gasteiger partial charge in [0.2, 0.25) is 5.82 Å². The van der Waals surface area contributed by atoms with Crippen LogP contribution in [-0.4, -0.2) is 22.6 Å². The van der Waals surface area contributed by atoms with Gasteiger partial charge in [0.15, 0.2) is 6.61 Å². The minimum Gasteiger partial charge on any atom is -0.440 e. The van der Waals surface area contributed by atoms with Crippen molar-refractivity contribution in [1.82, 2.24) is 10.1 Å². The maximum absolute atomic E-state index is 12.0. The number of nitrogens with zero attached hydrogens (tertiary/aromatic N) is 2. The third-order valence-electron chi connectivity index (χ3n) is 2.15. The summed E-state index contributed by atoms with van der Waals surface area (Å²) < 4.78 is 49.0. The van der Waals surface area contributed by atoms with Gasteiger partial charge in [-0.25, -0.2) is 4.79 Å². The SMILES string of the molecule is NC(=O)OCc1nc(-c2ccc(OC(F)(F)F)cc2)no1. The molecular formula is C11H8F3N3O4.